The van der Waals surface area contributed by atoms with Gasteiger partial charge in [0, 0.05) is 13.1 Å². The Morgan fingerprint density at radius 1 is 1.53 bits per heavy atom. The van der Waals surface area contributed by atoms with Gasteiger partial charge in [-0.15, -0.1) is 0 Å². The van der Waals surface area contributed by atoms with E-state index < -0.39 is 27.3 Å². The summed E-state index contributed by atoms with van der Waals surface area (Å²) in [5.74, 6) is -0.701. The Morgan fingerprint density at radius 3 is 2.59 bits per heavy atom. The van der Waals surface area contributed by atoms with Gasteiger partial charge in [-0.25, -0.2) is 8.42 Å². The lowest BCUT2D eigenvalue weighted by molar-refractivity contribution is -0.139. The monoisotopic (exact) mass is 265 g/mol. The quantitative estimate of drug-likeness (QED) is 0.701. The van der Waals surface area contributed by atoms with Gasteiger partial charge in [0.2, 0.25) is 10.0 Å². The largest absolute Gasteiger partial charge is 0.468 e. The van der Waals surface area contributed by atoms with Crippen LogP contribution in [0.1, 0.15) is 20.3 Å². The lowest BCUT2D eigenvalue weighted by Gasteiger charge is -2.34. The summed E-state index contributed by atoms with van der Waals surface area (Å²) in [5, 5.41) is 8.44. The zero-order chi connectivity index (χ0) is 13.2. The maximum absolute atomic E-state index is 12.1. The van der Waals surface area contributed by atoms with Crippen molar-refractivity contribution in [1.82, 2.24) is 4.31 Å². The molecular formula is C10H19NO5S. The Hall–Kier alpha value is -0.660. The molecule has 1 heterocycles. The predicted octanol–water partition coefficient (Wildman–Crippen LogP) is -0.420. The van der Waals surface area contributed by atoms with Crippen molar-refractivity contribution in [1.29, 1.82) is 0 Å². The summed E-state index contributed by atoms with van der Waals surface area (Å²) in [6.45, 7) is 3.55. The van der Waals surface area contributed by atoms with Crippen LogP contribution in [-0.4, -0.2) is 55.4 Å². The van der Waals surface area contributed by atoms with Crippen molar-refractivity contribution in [3.8, 4) is 0 Å². The number of ether oxygens (including phenoxy) is 1. The highest BCUT2D eigenvalue weighted by atomic mass is 32.2. The van der Waals surface area contributed by atoms with E-state index in [1.54, 1.807) is 0 Å². The van der Waals surface area contributed by atoms with Gasteiger partial charge in [0.05, 0.1) is 13.2 Å². The molecule has 1 fully saturated rings. The number of piperidine rings is 1. The van der Waals surface area contributed by atoms with Crippen molar-refractivity contribution in [3.05, 3.63) is 0 Å². The third-order valence-corrected chi connectivity index (χ3v) is 5.36. The number of β-amino-alcohol motifs (C(OH)–C–C–N with tert-alkyl or cyclic N) is 1. The van der Waals surface area contributed by atoms with Crippen LogP contribution in [0.25, 0.3) is 0 Å². The molecule has 0 radical (unpaired) electrons. The smallest absolute Gasteiger partial charge is 0.325 e. The summed E-state index contributed by atoms with van der Waals surface area (Å²) in [7, 11) is -2.58. The first-order valence-electron chi connectivity index (χ1n) is 5.55. The van der Waals surface area contributed by atoms with Crippen LogP contribution in [0, 0.1) is 5.92 Å². The Kier molecular flexibility index (Phi) is 4.51. The van der Waals surface area contributed by atoms with E-state index in [4.69, 9.17) is 0 Å². The molecule has 0 aromatic heterocycles. The minimum atomic E-state index is -3.73. The van der Waals surface area contributed by atoms with E-state index in [0.717, 1.165) is 7.11 Å². The normalized spacial score (nSPS) is 28.7. The van der Waals surface area contributed by atoms with Crippen molar-refractivity contribution in [3.63, 3.8) is 0 Å². The number of methoxy groups -OCH3 is 1. The molecule has 0 saturated carbocycles. The Morgan fingerprint density at radius 2 is 2.12 bits per heavy atom. The summed E-state index contributed by atoms with van der Waals surface area (Å²) in [5.41, 5.74) is 0. The number of carbonyl (C=O) groups is 1. The first-order chi connectivity index (χ1) is 7.80. The first kappa shape index (κ1) is 14.4. The number of sulfonamides is 1. The fourth-order valence-electron chi connectivity index (χ4n) is 1.76. The average molecular weight is 265 g/mol. The number of hydrogen-bond donors (Lipinski definition) is 1. The molecule has 1 aliphatic heterocycles. The minimum Gasteiger partial charge on any atom is -0.468 e. The Balaban J connectivity index is 2.81. The summed E-state index contributed by atoms with van der Waals surface area (Å²) in [6.07, 6.45) is -0.0859. The number of esters is 1. The van der Waals surface area contributed by atoms with Crippen LogP contribution in [0.3, 0.4) is 0 Å². The third kappa shape index (κ3) is 2.97. The molecule has 0 aromatic rings. The van der Waals surface area contributed by atoms with E-state index >= 15 is 0 Å². The number of aliphatic hydroxyl groups excluding tert-OH is 1. The maximum atomic E-state index is 12.1. The van der Waals surface area contributed by atoms with E-state index in [2.05, 4.69) is 4.74 Å². The lowest BCUT2D eigenvalue weighted by Crippen LogP contribution is -2.50. The van der Waals surface area contributed by atoms with Crippen molar-refractivity contribution < 1.29 is 23.1 Å². The second kappa shape index (κ2) is 5.32. The van der Waals surface area contributed by atoms with Gasteiger partial charge < -0.3 is 9.84 Å². The summed E-state index contributed by atoms with van der Waals surface area (Å²) >= 11 is 0. The topological polar surface area (TPSA) is 83.9 Å². The number of rotatable bonds is 3. The molecule has 0 bridgehead atoms. The maximum Gasteiger partial charge on any atom is 0.325 e. The molecule has 1 saturated heterocycles. The highest BCUT2D eigenvalue weighted by molar-refractivity contribution is 7.90. The molecule has 0 aromatic carbocycles. The van der Waals surface area contributed by atoms with Crippen LogP contribution in [0.15, 0.2) is 0 Å². The second-order valence-corrected chi connectivity index (χ2v) is 6.66. The zero-order valence-corrected chi connectivity index (χ0v) is 11.1. The standard InChI is InChI=1S/C10H19NO5S/c1-7-4-5-11(6-9(7)12)17(14,15)8(2)10(13)16-3/h7-9,12H,4-6H2,1-3H3. The van der Waals surface area contributed by atoms with Crippen molar-refractivity contribution in [2.45, 2.75) is 31.6 Å². The molecule has 7 heteroatoms. The zero-order valence-electron chi connectivity index (χ0n) is 10.3. The summed E-state index contributed by atoms with van der Waals surface area (Å²) in [6, 6.07) is 0. The third-order valence-electron chi connectivity index (χ3n) is 3.22. The summed E-state index contributed by atoms with van der Waals surface area (Å²) < 4.78 is 29.7. The van der Waals surface area contributed by atoms with Crippen LogP contribution in [0.2, 0.25) is 0 Å². The molecule has 100 valence electrons. The predicted molar refractivity (Wildman–Crippen MR) is 61.8 cm³/mol. The number of aliphatic hydroxyl groups is 1. The van der Waals surface area contributed by atoms with Crippen molar-refractivity contribution >= 4 is 16.0 Å². The van der Waals surface area contributed by atoms with Gasteiger partial charge in [0.15, 0.2) is 5.25 Å². The van der Waals surface area contributed by atoms with Crippen LogP contribution in [0.5, 0.6) is 0 Å². The molecule has 1 rings (SSSR count). The van der Waals surface area contributed by atoms with Gasteiger partial charge in [-0.3, -0.25) is 4.79 Å². The van der Waals surface area contributed by atoms with Crippen LogP contribution < -0.4 is 0 Å². The molecule has 6 nitrogen and oxygen atoms in total. The number of hydrogen-bond acceptors (Lipinski definition) is 5. The molecule has 1 N–H and O–H groups in total. The summed E-state index contributed by atoms with van der Waals surface area (Å²) in [4.78, 5) is 11.3. The van der Waals surface area contributed by atoms with Gasteiger partial charge in [0.25, 0.3) is 0 Å². The van der Waals surface area contributed by atoms with Gasteiger partial charge in [0.1, 0.15) is 0 Å². The number of carbonyl (C=O) groups excluding carboxylic acids is 1. The van der Waals surface area contributed by atoms with Crippen molar-refractivity contribution in [2.75, 3.05) is 20.2 Å². The SMILES string of the molecule is COC(=O)C(C)S(=O)(=O)N1CCC(C)C(O)C1. The lowest BCUT2D eigenvalue weighted by atomic mass is 9.98. The van der Waals surface area contributed by atoms with E-state index in [1.165, 1.54) is 11.2 Å². The van der Waals surface area contributed by atoms with Crippen LogP contribution >= 0.6 is 0 Å². The van der Waals surface area contributed by atoms with Gasteiger partial charge in [-0.1, -0.05) is 6.92 Å². The minimum absolute atomic E-state index is 0.0465. The second-order valence-electron chi connectivity index (χ2n) is 4.40. The fourth-order valence-corrected chi connectivity index (χ4v) is 3.27. The highest BCUT2D eigenvalue weighted by Crippen LogP contribution is 2.21. The van der Waals surface area contributed by atoms with Crippen LogP contribution in [0.4, 0.5) is 0 Å². The highest BCUT2D eigenvalue weighted by Gasteiger charge is 2.38. The van der Waals surface area contributed by atoms with Gasteiger partial charge >= 0.3 is 5.97 Å². The molecule has 3 atom stereocenters. The Labute approximate surface area is 102 Å². The first-order valence-corrected chi connectivity index (χ1v) is 7.06. The van der Waals surface area contributed by atoms with Gasteiger partial charge in [-0.2, -0.15) is 4.31 Å². The fraction of sp³-hybridized carbons (Fsp3) is 0.900. The molecule has 17 heavy (non-hydrogen) atoms. The van der Waals surface area contributed by atoms with Crippen molar-refractivity contribution in [2.24, 2.45) is 5.92 Å². The van der Waals surface area contributed by atoms with E-state index in [1.807, 2.05) is 6.92 Å². The van der Waals surface area contributed by atoms with E-state index in [0.29, 0.717) is 13.0 Å². The average Bonchev–Trinajstić information content (AvgIpc) is 2.30. The molecular weight excluding hydrogens is 246 g/mol. The molecule has 1 aliphatic rings. The van der Waals surface area contributed by atoms with E-state index in [-0.39, 0.29) is 12.5 Å². The molecule has 0 aliphatic carbocycles. The molecule has 0 spiro atoms. The number of nitrogens with zero attached hydrogens (tertiary/aromatic N) is 1. The molecule has 3 unspecified atom stereocenters. The Bertz CT molecular complexity index is 380. The molecule has 0 amide bonds. The van der Waals surface area contributed by atoms with Gasteiger partial charge in [-0.05, 0) is 19.3 Å². The van der Waals surface area contributed by atoms with E-state index in [9.17, 15) is 18.3 Å². The van der Waals surface area contributed by atoms with Crippen LogP contribution in [-0.2, 0) is 19.6 Å².